The molecule has 0 radical (unpaired) electrons. The van der Waals surface area contributed by atoms with Crippen LogP contribution in [-0.4, -0.2) is 46.8 Å². The van der Waals surface area contributed by atoms with Gasteiger partial charge in [-0.25, -0.2) is 9.78 Å². The van der Waals surface area contributed by atoms with Crippen LogP contribution >= 0.6 is 11.3 Å². The van der Waals surface area contributed by atoms with E-state index in [1.165, 1.54) is 34.8 Å². The van der Waals surface area contributed by atoms with Crippen molar-refractivity contribution in [3.8, 4) is 0 Å². The highest BCUT2D eigenvalue weighted by Crippen LogP contribution is 2.27. The number of carbonyl (C=O) groups is 1. The summed E-state index contributed by atoms with van der Waals surface area (Å²) in [4.78, 5) is 19.9. The molecule has 22 heavy (non-hydrogen) atoms. The summed E-state index contributed by atoms with van der Waals surface area (Å²) >= 11 is 1.86. The van der Waals surface area contributed by atoms with Crippen LogP contribution < -0.4 is 5.32 Å². The number of likely N-dealkylation sites (tertiary alicyclic amines) is 1. The molecular formula is C16H25N3O2S. The summed E-state index contributed by atoms with van der Waals surface area (Å²) in [6, 6.07) is -0.0443. The summed E-state index contributed by atoms with van der Waals surface area (Å²) in [6.07, 6.45) is 8.11. The number of aromatic nitrogens is 1. The van der Waals surface area contributed by atoms with Crippen molar-refractivity contribution in [1.29, 1.82) is 0 Å². The number of aliphatic hydroxyl groups is 1. The van der Waals surface area contributed by atoms with Crippen LogP contribution in [0.1, 0.15) is 47.7 Å². The molecular weight excluding hydrogens is 298 g/mol. The zero-order valence-electron chi connectivity index (χ0n) is 13.0. The second-order valence-electron chi connectivity index (χ2n) is 6.26. The van der Waals surface area contributed by atoms with Crippen molar-refractivity contribution in [2.45, 2.75) is 57.5 Å². The van der Waals surface area contributed by atoms with E-state index in [2.05, 4.69) is 5.32 Å². The Morgan fingerprint density at radius 3 is 3.05 bits per heavy atom. The van der Waals surface area contributed by atoms with E-state index < -0.39 is 0 Å². The normalized spacial score (nSPS) is 21.5. The standard InChI is InChI=1S/C16H25N3O2S/c20-12-5-4-10-19(11-12)16(21)17-9-3-8-15-18-13-6-1-2-7-14(13)22-15/h12,20H,1-11H2,(H,17,21). The van der Waals surface area contributed by atoms with Gasteiger partial charge in [-0.2, -0.15) is 0 Å². The first-order valence-corrected chi connectivity index (χ1v) is 9.22. The molecule has 2 heterocycles. The third kappa shape index (κ3) is 3.98. The molecule has 0 saturated carbocycles. The van der Waals surface area contributed by atoms with E-state index in [1.807, 2.05) is 11.3 Å². The minimum atomic E-state index is -0.360. The molecule has 122 valence electrons. The van der Waals surface area contributed by atoms with Gasteiger partial charge in [0.25, 0.3) is 0 Å². The predicted octanol–water partition coefficient (Wildman–Crippen LogP) is 2.12. The van der Waals surface area contributed by atoms with Crippen LogP contribution in [0.15, 0.2) is 0 Å². The number of urea groups is 1. The van der Waals surface area contributed by atoms with Gasteiger partial charge < -0.3 is 15.3 Å². The van der Waals surface area contributed by atoms with E-state index in [4.69, 9.17) is 4.98 Å². The molecule has 0 bridgehead atoms. The minimum absolute atomic E-state index is 0.0443. The minimum Gasteiger partial charge on any atom is -0.391 e. The maximum absolute atomic E-state index is 12.0. The number of thiazole rings is 1. The number of aryl methyl sites for hydroxylation is 3. The average Bonchev–Trinajstić information content (AvgIpc) is 2.94. The number of piperidine rings is 1. The van der Waals surface area contributed by atoms with Gasteiger partial charge in [-0.3, -0.25) is 0 Å². The number of aliphatic hydroxyl groups excluding tert-OH is 1. The number of amides is 2. The Morgan fingerprint density at radius 2 is 2.23 bits per heavy atom. The Kier molecular flexibility index (Phi) is 5.31. The quantitative estimate of drug-likeness (QED) is 0.834. The maximum Gasteiger partial charge on any atom is 0.317 e. The molecule has 3 rings (SSSR count). The van der Waals surface area contributed by atoms with E-state index in [0.717, 1.165) is 38.6 Å². The molecule has 1 fully saturated rings. The molecule has 1 unspecified atom stereocenters. The molecule has 1 aromatic rings. The van der Waals surface area contributed by atoms with Gasteiger partial charge in [-0.1, -0.05) is 0 Å². The number of nitrogens with one attached hydrogen (secondary N) is 1. The lowest BCUT2D eigenvalue weighted by atomic mass is 10.0. The van der Waals surface area contributed by atoms with Crippen LogP contribution in [0.3, 0.4) is 0 Å². The van der Waals surface area contributed by atoms with Crippen molar-refractivity contribution in [2.24, 2.45) is 0 Å². The number of hydrogen-bond donors (Lipinski definition) is 2. The van der Waals surface area contributed by atoms with Crippen molar-refractivity contribution in [1.82, 2.24) is 15.2 Å². The number of hydrogen-bond acceptors (Lipinski definition) is 4. The Bertz CT molecular complexity index is 494. The van der Waals surface area contributed by atoms with E-state index in [-0.39, 0.29) is 12.1 Å². The van der Waals surface area contributed by atoms with E-state index in [9.17, 15) is 9.90 Å². The molecule has 2 N–H and O–H groups in total. The highest BCUT2D eigenvalue weighted by molar-refractivity contribution is 7.11. The average molecular weight is 323 g/mol. The van der Waals surface area contributed by atoms with E-state index >= 15 is 0 Å². The molecule has 1 aromatic heterocycles. The second-order valence-corrected chi connectivity index (χ2v) is 7.43. The van der Waals surface area contributed by atoms with Crippen LogP contribution in [0.5, 0.6) is 0 Å². The monoisotopic (exact) mass is 323 g/mol. The van der Waals surface area contributed by atoms with Crippen LogP contribution in [-0.2, 0) is 19.3 Å². The smallest absolute Gasteiger partial charge is 0.317 e. The largest absolute Gasteiger partial charge is 0.391 e. The third-order valence-electron chi connectivity index (χ3n) is 4.42. The number of carbonyl (C=O) groups excluding carboxylic acids is 1. The summed E-state index contributed by atoms with van der Waals surface area (Å²) in [5.41, 5.74) is 1.32. The highest BCUT2D eigenvalue weighted by Gasteiger charge is 2.21. The van der Waals surface area contributed by atoms with Crippen LogP contribution in [0.25, 0.3) is 0 Å². The van der Waals surface area contributed by atoms with Crippen molar-refractivity contribution < 1.29 is 9.90 Å². The SMILES string of the molecule is O=C(NCCCc1nc2c(s1)CCCC2)N1CCCC(O)C1. The Labute approximate surface area is 135 Å². The molecule has 1 saturated heterocycles. The summed E-state index contributed by atoms with van der Waals surface area (Å²) < 4.78 is 0. The zero-order chi connectivity index (χ0) is 15.4. The van der Waals surface area contributed by atoms with Gasteiger partial charge >= 0.3 is 6.03 Å². The first-order valence-electron chi connectivity index (χ1n) is 8.40. The van der Waals surface area contributed by atoms with Crippen molar-refractivity contribution in [3.05, 3.63) is 15.6 Å². The van der Waals surface area contributed by atoms with Gasteiger partial charge in [-0.05, 0) is 44.9 Å². The lowest BCUT2D eigenvalue weighted by molar-refractivity contribution is 0.0843. The molecule has 1 aliphatic carbocycles. The molecule has 6 heteroatoms. The molecule has 0 aromatic carbocycles. The van der Waals surface area contributed by atoms with Gasteiger partial charge in [0.2, 0.25) is 0 Å². The van der Waals surface area contributed by atoms with E-state index in [0.29, 0.717) is 13.1 Å². The van der Waals surface area contributed by atoms with Gasteiger partial charge in [0.05, 0.1) is 16.8 Å². The summed E-state index contributed by atoms with van der Waals surface area (Å²) in [5, 5.41) is 13.8. The van der Waals surface area contributed by atoms with Gasteiger partial charge in [-0.15, -0.1) is 11.3 Å². The number of fused-ring (bicyclic) bond motifs is 1. The van der Waals surface area contributed by atoms with Crippen LogP contribution in [0.2, 0.25) is 0 Å². The Morgan fingerprint density at radius 1 is 1.36 bits per heavy atom. The molecule has 0 spiro atoms. The number of rotatable bonds is 4. The summed E-state index contributed by atoms with van der Waals surface area (Å²) in [6.45, 7) is 1.89. The van der Waals surface area contributed by atoms with Crippen LogP contribution in [0, 0.1) is 0 Å². The van der Waals surface area contributed by atoms with Crippen molar-refractivity contribution >= 4 is 17.4 Å². The maximum atomic E-state index is 12.0. The Balaban J connectivity index is 1.38. The molecule has 2 amide bonds. The van der Waals surface area contributed by atoms with Gasteiger partial charge in [0.15, 0.2) is 0 Å². The molecule has 2 aliphatic rings. The highest BCUT2D eigenvalue weighted by atomic mass is 32.1. The first-order chi connectivity index (χ1) is 10.7. The first kappa shape index (κ1) is 15.7. The van der Waals surface area contributed by atoms with Gasteiger partial charge in [0.1, 0.15) is 0 Å². The summed E-state index contributed by atoms with van der Waals surface area (Å²) in [7, 11) is 0. The summed E-state index contributed by atoms with van der Waals surface area (Å²) in [5.74, 6) is 0. The van der Waals surface area contributed by atoms with Crippen LogP contribution in [0.4, 0.5) is 4.79 Å². The fourth-order valence-electron chi connectivity index (χ4n) is 3.20. The van der Waals surface area contributed by atoms with E-state index in [1.54, 1.807) is 4.90 Å². The lowest BCUT2D eigenvalue weighted by Crippen LogP contribution is -2.47. The fourth-order valence-corrected chi connectivity index (χ4v) is 4.40. The molecule has 1 atom stereocenters. The van der Waals surface area contributed by atoms with Crippen molar-refractivity contribution in [3.63, 3.8) is 0 Å². The zero-order valence-corrected chi connectivity index (χ0v) is 13.8. The molecule has 5 nitrogen and oxygen atoms in total. The number of β-amino-alcohol motifs (C(OH)–C–C–N with tert-alkyl or cyclic N) is 1. The van der Waals surface area contributed by atoms with Crippen molar-refractivity contribution in [2.75, 3.05) is 19.6 Å². The third-order valence-corrected chi connectivity index (χ3v) is 5.63. The lowest BCUT2D eigenvalue weighted by Gasteiger charge is -2.30. The van der Waals surface area contributed by atoms with Gasteiger partial charge in [0, 0.05) is 30.9 Å². The second kappa shape index (κ2) is 7.42. The molecule has 1 aliphatic heterocycles. The topological polar surface area (TPSA) is 65.5 Å². The predicted molar refractivity (Wildman–Crippen MR) is 87.3 cm³/mol. The number of nitrogens with zero attached hydrogens (tertiary/aromatic N) is 2. The fraction of sp³-hybridized carbons (Fsp3) is 0.750. The Hall–Kier alpha value is -1.14.